The lowest BCUT2D eigenvalue weighted by Gasteiger charge is -2.09. The number of carbonyl (C=O) groups excluding carboxylic acids is 1. The number of hydrogen-bond donors (Lipinski definition) is 2. The van der Waals surface area contributed by atoms with Crippen molar-refractivity contribution in [3.8, 4) is 0 Å². The van der Waals surface area contributed by atoms with Gasteiger partial charge in [0.2, 0.25) is 0 Å². The smallest absolute Gasteiger partial charge is 0.323 e. The molecule has 0 radical (unpaired) electrons. The Balaban J connectivity index is 3.11. The quantitative estimate of drug-likeness (QED) is 0.278. The van der Waals surface area contributed by atoms with Gasteiger partial charge in [-0.25, -0.2) is 0 Å². The van der Waals surface area contributed by atoms with Gasteiger partial charge in [0, 0.05) is 12.4 Å². The number of esters is 1. The van der Waals surface area contributed by atoms with E-state index in [1.807, 2.05) is 0 Å². The summed E-state index contributed by atoms with van der Waals surface area (Å²) in [6.45, 7) is 5.59. The number of nitrogens with two attached hydrogens (primary N) is 1. The molecule has 0 aromatic heterocycles. The lowest BCUT2D eigenvalue weighted by molar-refractivity contribution is -0.146. The third-order valence-electron chi connectivity index (χ3n) is 2.36. The molecule has 0 aliphatic rings. The van der Waals surface area contributed by atoms with Gasteiger partial charge in [-0.3, -0.25) is 4.79 Å². The highest BCUT2D eigenvalue weighted by Crippen LogP contribution is 1.90. The Morgan fingerprint density at radius 1 is 1.00 bits per heavy atom. The van der Waals surface area contributed by atoms with Crippen molar-refractivity contribution in [1.29, 1.82) is 0 Å². The predicted molar refractivity (Wildman–Crippen MR) is 80.2 cm³/mol. The molecule has 0 saturated carbocycles. The van der Waals surface area contributed by atoms with E-state index in [-0.39, 0.29) is 12.4 Å². The number of thiol groups is 1. The first-order valence-electron chi connectivity index (χ1n) is 6.98. The van der Waals surface area contributed by atoms with Gasteiger partial charge in [0.05, 0.1) is 33.0 Å². The maximum absolute atomic E-state index is 11.2. The molecule has 6 nitrogen and oxygen atoms in total. The second kappa shape index (κ2) is 15.1. The van der Waals surface area contributed by atoms with Crippen LogP contribution in [0.2, 0.25) is 0 Å². The molecule has 0 aliphatic carbocycles. The van der Waals surface area contributed by atoms with Crippen LogP contribution in [0, 0.1) is 0 Å². The van der Waals surface area contributed by atoms with Crippen LogP contribution in [0.3, 0.4) is 0 Å². The van der Waals surface area contributed by atoms with Crippen LogP contribution in [0.25, 0.3) is 0 Å². The first-order chi connectivity index (χ1) is 9.72. The topological polar surface area (TPSA) is 80.0 Å². The molecule has 120 valence electrons. The largest absolute Gasteiger partial charge is 0.462 e. The summed E-state index contributed by atoms with van der Waals surface area (Å²) < 4.78 is 20.8. The molecule has 0 bridgehead atoms. The molecule has 0 saturated heterocycles. The van der Waals surface area contributed by atoms with Crippen LogP contribution in [-0.4, -0.2) is 64.0 Å². The maximum Gasteiger partial charge on any atom is 0.323 e. The average Bonchev–Trinajstić information content (AvgIpc) is 2.47. The van der Waals surface area contributed by atoms with Gasteiger partial charge in [0.1, 0.15) is 12.6 Å². The molecule has 20 heavy (non-hydrogen) atoms. The van der Waals surface area contributed by atoms with Crippen LogP contribution in [0.15, 0.2) is 0 Å². The summed E-state index contributed by atoms with van der Waals surface area (Å²) in [5.74, 6) is -0.183. The average molecular weight is 309 g/mol. The minimum Gasteiger partial charge on any atom is -0.462 e. The molecule has 0 fully saturated rings. The summed E-state index contributed by atoms with van der Waals surface area (Å²) in [6.07, 6.45) is 2.22. The molecule has 0 rings (SSSR count). The summed E-state index contributed by atoms with van der Waals surface area (Å²) in [5.41, 5.74) is 5.43. The normalized spacial score (nSPS) is 12.3. The van der Waals surface area contributed by atoms with Crippen molar-refractivity contribution in [2.24, 2.45) is 5.73 Å². The number of ether oxygens (including phenoxy) is 4. The molecule has 0 heterocycles. The SMILES string of the molecule is CCCCOCCOCCOCCOC(=O)[C@@H](N)CS. The highest BCUT2D eigenvalue weighted by molar-refractivity contribution is 7.80. The number of unbranched alkanes of at least 4 members (excludes halogenated alkanes) is 1. The molecule has 0 amide bonds. The predicted octanol–water partition coefficient (Wildman–Crippen LogP) is 0.637. The fraction of sp³-hybridized carbons (Fsp3) is 0.923. The molecular weight excluding hydrogens is 282 g/mol. The third kappa shape index (κ3) is 12.7. The Morgan fingerprint density at radius 2 is 1.50 bits per heavy atom. The second-order valence-corrected chi connectivity index (χ2v) is 4.51. The highest BCUT2D eigenvalue weighted by Gasteiger charge is 2.11. The summed E-state index contributed by atoms with van der Waals surface area (Å²) in [6, 6.07) is -0.672. The fourth-order valence-electron chi connectivity index (χ4n) is 1.17. The van der Waals surface area contributed by atoms with Crippen molar-refractivity contribution in [2.75, 3.05) is 52.0 Å². The van der Waals surface area contributed by atoms with Crippen molar-refractivity contribution in [1.82, 2.24) is 0 Å². The Labute approximate surface area is 126 Å². The van der Waals surface area contributed by atoms with Crippen LogP contribution in [0.4, 0.5) is 0 Å². The van der Waals surface area contributed by atoms with Crippen molar-refractivity contribution < 1.29 is 23.7 Å². The van der Waals surface area contributed by atoms with E-state index in [9.17, 15) is 4.79 Å². The van der Waals surface area contributed by atoms with E-state index in [1.165, 1.54) is 0 Å². The fourth-order valence-corrected chi connectivity index (χ4v) is 1.32. The number of rotatable bonds is 14. The van der Waals surface area contributed by atoms with E-state index >= 15 is 0 Å². The molecular formula is C13H27NO5S. The van der Waals surface area contributed by atoms with Gasteiger partial charge in [-0.15, -0.1) is 0 Å². The van der Waals surface area contributed by atoms with Gasteiger partial charge < -0.3 is 24.7 Å². The van der Waals surface area contributed by atoms with E-state index in [0.29, 0.717) is 33.0 Å². The first kappa shape index (κ1) is 19.7. The standard InChI is InChI=1S/C13H27NO5S/c1-2-3-4-16-5-6-17-7-8-18-9-10-19-13(15)12(14)11-20/h12,20H,2-11,14H2,1H3/t12-/m0/s1. The molecule has 1 atom stereocenters. The second-order valence-electron chi connectivity index (χ2n) is 4.15. The van der Waals surface area contributed by atoms with Gasteiger partial charge in [0.15, 0.2) is 0 Å². The minimum absolute atomic E-state index is 0.195. The number of hydrogen-bond acceptors (Lipinski definition) is 7. The Hall–Kier alpha value is -0.340. The zero-order chi connectivity index (χ0) is 15.1. The van der Waals surface area contributed by atoms with Crippen molar-refractivity contribution >= 4 is 18.6 Å². The molecule has 0 spiro atoms. The molecule has 0 aromatic carbocycles. The summed E-state index contributed by atoms with van der Waals surface area (Å²) in [5, 5.41) is 0. The first-order valence-corrected chi connectivity index (χ1v) is 7.62. The van der Waals surface area contributed by atoms with Gasteiger partial charge >= 0.3 is 5.97 Å². The van der Waals surface area contributed by atoms with Crippen LogP contribution in [0.5, 0.6) is 0 Å². The van der Waals surface area contributed by atoms with E-state index < -0.39 is 12.0 Å². The molecule has 0 unspecified atom stereocenters. The lowest BCUT2D eigenvalue weighted by atomic mass is 10.4. The van der Waals surface area contributed by atoms with E-state index in [4.69, 9.17) is 24.7 Å². The van der Waals surface area contributed by atoms with E-state index in [2.05, 4.69) is 19.6 Å². The van der Waals surface area contributed by atoms with Crippen molar-refractivity contribution in [3.63, 3.8) is 0 Å². The molecule has 2 N–H and O–H groups in total. The number of carbonyl (C=O) groups is 1. The Kier molecular flexibility index (Phi) is 14.8. The monoisotopic (exact) mass is 309 g/mol. The summed E-state index contributed by atoms with van der Waals surface area (Å²) >= 11 is 3.91. The van der Waals surface area contributed by atoms with Crippen molar-refractivity contribution in [3.05, 3.63) is 0 Å². The van der Waals surface area contributed by atoms with Gasteiger partial charge in [0.25, 0.3) is 0 Å². The van der Waals surface area contributed by atoms with Crippen LogP contribution in [-0.2, 0) is 23.7 Å². The van der Waals surface area contributed by atoms with Gasteiger partial charge in [-0.2, -0.15) is 12.6 Å². The zero-order valence-corrected chi connectivity index (χ0v) is 13.1. The minimum atomic E-state index is -0.672. The molecule has 0 aliphatic heterocycles. The lowest BCUT2D eigenvalue weighted by Crippen LogP contribution is -2.34. The summed E-state index contributed by atoms with van der Waals surface area (Å²) in [7, 11) is 0. The maximum atomic E-state index is 11.2. The third-order valence-corrected chi connectivity index (χ3v) is 2.75. The van der Waals surface area contributed by atoms with Gasteiger partial charge in [-0.1, -0.05) is 13.3 Å². The molecule has 7 heteroatoms. The highest BCUT2D eigenvalue weighted by atomic mass is 32.1. The van der Waals surface area contributed by atoms with Crippen LogP contribution < -0.4 is 5.73 Å². The molecule has 0 aromatic rings. The van der Waals surface area contributed by atoms with Crippen molar-refractivity contribution in [2.45, 2.75) is 25.8 Å². The Bertz CT molecular complexity index is 231. The van der Waals surface area contributed by atoms with E-state index in [1.54, 1.807) is 0 Å². The summed E-state index contributed by atoms with van der Waals surface area (Å²) in [4.78, 5) is 11.2. The van der Waals surface area contributed by atoms with Crippen LogP contribution >= 0.6 is 12.6 Å². The van der Waals surface area contributed by atoms with Crippen LogP contribution in [0.1, 0.15) is 19.8 Å². The zero-order valence-electron chi connectivity index (χ0n) is 12.2. The van der Waals surface area contributed by atoms with E-state index in [0.717, 1.165) is 19.4 Å². The Morgan fingerprint density at radius 3 is 2.00 bits per heavy atom. The van der Waals surface area contributed by atoms with Gasteiger partial charge in [-0.05, 0) is 6.42 Å².